The molecule has 170 valence electrons. The van der Waals surface area contributed by atoms with E-state index in [1.165, 1.54) is 19.1 Å². The van der Waals surface area contributed by atoms with Gasteiger partial charge in [-0.2, -0.15) is 0 Å². The lowest BCUT2D eigenvalue weighted by molar-refractivity contribution is -0.147. The number of carbonyl (C=O) groups is 4. The maximum absolute atomic E-state index is 13.1. The number of likely N-dealkylation sites (tertiary alicyclic amines) is 1. The SMILES string of the molecule is CCC(C)C(NC(=O)OC)C(=O)N(C)C(=O)C1CCCN1C(=O)OCc1ccccc1. The van der Waals surface area contributed by atoms with Crippen LogP contribution in [0, 0.1) is 5.92 Å². The second-order valence-corrected chi connectivity index (χ2v) is 7.63. The summed E-state index contributed by atoms with van der Waals surface area (Å²) < 4.78 is 9.96. The van der Waals surface area contributed by atoms with Gasteiger partial charge in [0.05, 0.1) is 7.11 Å². The van der Waals surface area contributed by atoms with Crippen molar-refractivity contribution in [3.8, 4) is 0 Å². The zero-order chi connectivity index (χ0) is 23.0. The Morgan fingerprint density at radius 1 is 1.23 bits per heavy atom. The lowest BCUT2D eigenvalue weighted by atomic mass is 9.97. The summed E-state index contributed by atoms with van der Waals surface area (Å²) in [6, 6.07) is 7.56. The number of methoxy groups -OCH3 is 1. The van der Waals surface area contributed by atoms with Crippen molar-refractivity contribution >= 4 is 24.0 Å². The molecular weight excluding hydrogens is 402 g/mol. The zero-order valence-corrected chi connectivity index (χ0v) is 18.5. The molecule has 9 nitrogen and oxygen atoms in total. The van der Waals surface area contributed by atoms with Gasteiger partial charge in [-0.15, -0.1) is 0 Å². The summed E-state index contributed by atoms with van der Waals surface area (Å²) in [5, 5.41) is 2.51. The normalized spacial score (nSPS) is 17.4. The number of hydrogen-bond acceptors (Lipinski definition) is 6. The quantitative estimate of drug-likeness (QED) is 0.708. The molecule has 0 radical (unpaired) electrons. The molecule has 0 aromatic heterocycles. The predicted molar refractivity (Wildman–Crippen MR) is 113 cm³/mol. The molecule has 1 aliphatic heterocycles. The number of rotatable bonds is 7. The standard InChI is InChI=1S/C22H31N3O6/c1-5-15(2)18(23-21(28)30-4)20(27)24(3)19(26)17-12-9-13-25(17)22(29)31-14-16-10-7-6-8-11-16/h6-8,10-11,15,17-18H,5,9,12-14H2,1-4H3,(H,23,28). The Bertz CT molecular complexity index is 785. The van der Waals surface area contributed by atoms with E-state index in [0.717, 1.165) is 10.5 Å². The van der Waals surface area contributed by atoms with E-state index in [1.54, 1.807) is 6.92 Å². The van der Waals surface area contributed by atoms with Gasteiger partial charge in [-0.1, -0.05) is 50.6 Å². The maximum Gasteiger partial charge on any atom is 0.410 e. The van der Waals surface area contributed by atoms with Crippen LogP contribution in [-0.4, -0.2) is 66.6 Å². The molecule has 1 aromatic rings. The van der Waals surface area contributed by atoms with Gasteiger partial charge in [-0.05, 0) is 24.3 Å². The van der Waals surface area contributed by atoms with Crippen LogP contribution in [0.1, 0.15) is 38.7 Å². The van der Waals surface area contributed by atoms with E-state index in [0.29, 0.717) is 25.8 Å². The van der Waals surface area contributed by atoms with Crippen LogP contribution in [-0.2, 0) is 25.7 Å². The fourth-order valence-electron chi connectivity index (χ4n) is 3.45. The molecule has 0 spiro atoms. The van der Waals surface area contributed by atoms with Gasteiger partial charge in [0.15, 0.2) is 0 Å². The van der Waals surface area contributed by atoms with Crippen molar-refractivity contribution in [2.75, 3.05) is 20.7 Å². The minimum atomic E-state index is -0.911. The highest BCUT2D eigenvalue weighted by molar-refractivity contribution is 6.01. The summed E-state index contributed by atoms with van der Waals surface area (Å²) in [6.07, 6.45) is 0.353. The number of nitrogens with zero attached hydrogens (tertiary/aromatic N) is 2. The Hall–Kier alpha value is -3.10. The van der Waals surface area contributed by atoms with Gasteiger partial charge in [0.25, 0.3) is 11.8 Å². The van der Waals surface area contributed by atoms with Gasteiger partial charge in [0.2, 0.25) is 0 Å². The summed E-state index contributed by atoms with van der Waals surface area (Å²) in [4.78, 5) is 52.6. The predicted octanol–water partition coefficient (Wildman–Crippen LogP) is 2.54. The highest BCUT2D eigenvalue weighted by atomic mass is 16.6. The van der Waals surface area contributed by atoms with E-state index < -0.39 is 36.1 Å². The molecule has 9 heteroatoms. The molecule has 1 heterocycles. The molecule has 1 aliphatic rings. The molecule has 1 fully saturated rings. The van der Waals surface area contributed by atoms with E-state index in [2.05, 4.69) is 10.1 Å². The smallest absolute Gasteiger partial charge is 0.410 e. The number of nitrogens with one attached hydrogen (secondary N) is 1. The van der Waals surface area contributed by atoms with Crippen LogP contribution < -0.4 is 5.32 Å². The second kappa shape index (κ2) is 11.3. The van der Waals surface area contributed by atoms with E-state index in [9.17, 15) is 19.2 Å². The lowest BCUT2D eigenvalue weighted by Gasteiger charge is -2.30. The average molecular weight is 434 g/mol. The molecule has 4 amide bonds. The zero-order valence-electron chi connectivity index (χ0n) is 18.5. The Balaban J connectivity index is 2.05. The molecule has 3 atom stereocenters. The van der Waals surface area contributed by atoms with Gasteiger partial charge >= 0.3 is 12.2 Å². The van der Waals surface area contributed by atoms with Gasteiger partial charge in [0, 0.05) is 13.6 Å². The van der Waals surface area contributed by atoms with Crippen LogP contribution in [0.25, 0.3) is 0 Å². The van der Waals surface area contributed by atoms with Gasteiger partial charge in [-0.25, -0.2) is 9.59 Å². The highest BCUT2D eigenvalue weighted by Crippen LogP contribution is 2.22. The Labute approximate surface area is 182 Å². The van der Waals surface area contributed by atoms with Crippen molar-refractivity contribution in [2.45, 2.75) is 51.8 Å². The monoisotopic (exact) mass is 433 g/mol. The van der Waals surface area contributed by atoms with Gasteiger partial charge < -0.3 is 14.8 Å². The number of alkyl carbamates (subject to hydrolysis) is 1. The molecule has 3 unspecified atom stereocenters. The van der Waals surface area contributed by atoms with Crippen LogP contribution >= 0.6 is 0 Å². The summed E-state index contributed by atoms with van der Waals surface area (Å²) in [5.74, 6) is -1.26. The van der Waals surface area contributed by atoms with E-state index >= 15 is 0 Å². The number of likely N-dealkylation sites (N-methyl/N-ethyl adjacent to an activating group) is 1. The Morgan fingerprint density at radius 2 is 1.90 bits per heavy atom. The molecule has 2 rings (SSSR count). The molecular formula is C22H31N3O6. The Morgan fingerprint density at radius 3 is 2.52 bits per heavy atom. The first-order valence-corrected chi connectivity index (χ1v) is 10.4. The molecule has 1 N–H and O–H groups in total. The number of benzene rings is 1. The third kappa shape index (κ3) is 6.19. The topological polar surface area (TPSA) is 105 Å². The first kappa shape index (κ1) is 24.2. The number of ether oxygens (including phenoxy) is 2. The number of amides is 4. The maximum atomic E-state index is 13.1. The fourth-order valence-corrected chi connectivity index (χ4v) is 3.45. The summed E-state index contributed by atoms with van der Waals surface area (Å²) in [5.41, 5.74) is 0.843. The average Bonchev–Trinajstić information content (AvgIpc) is 3.29. The minimum Gasteiger partial charge on any atom is -0.453 e. The van der Waals surface area contributed by atoms with E-state index in [1.807, 2.05) is 37.3 Å². The van der Waals surface area contributed by atoms with Crippen LogP contribution in [0.4, 0.5) is 9.59 Å². The molecule has 0 bridgehead atoms. The van der Waals surface area contributed by atoms with Crippen molar-refractivity contribution in [3.05, 3.63) is 35.9 Å². The van der Waals surface area contributed by atoms with Crippen molar-refractivity contribution in [1.82, 2.24) is 15.1 Å². The van der Waals surface area contributed by atoms with E-state index in [-0.39, 0.29) is 12.5 Å². The van der Waals surface area contributed by atoms with Crippen molar-refractivity contribution < 1.29 is 28.7 Å². The largest absolute Gasteiger partial charge is 0.453 e. The minimum absolute atomic E-state index is 0.102. The van der Waals surface area contributed by atoms with E-state index in [4.69, 9.17) is 4.74 Å². The number of imide groups is 1. The third-order valence-electron chi connectivity index (χ3n) is 5.58. The van der Waals surface area contributed by atoms with Gasteiger partial charge in [-0.3, -0.25) is 19.4 Å². The summed E-state index contributed by atoms with van der Waals surface area (Å²) in [7, 11) is 2.57. The van der Waals surface area contributed by atoms with Crippen molar-refractivity contribution in [2.24, 2.45) is 5.92 Å². The van der Waals surface area contributed by atoms with Crippen LogP contribution in [0.15, 0.2) is 30.3 Å². The third-order valence-corrected chi connectivity index (χ3v) is 5.58. The molecule has 1 saturated heterocycles. The summed E-state index contributed by atoms with van der Waals surface area (Å²) in [6.45, 7) is 4.17. The molecule has 0 aliphatic carbocycles. The van der Waals surface area contributed by atoms with Crippen molar-refractivity contribution in [1.29, 1.82) is 0 Å². The molecule has 0 saturated carbocycles. The second-order valence-electron chi connectivity index (χ2n) is 7.63. The van der Waals surface area contributed by atoms with Crippen LogP contribution in [0.5, 0.6) is 0 Å². The Kier molecular flexibility index (Phi) is 8.84. The first-order chi connectivity index (χ1) is 14.8. The fraction of sp³-hybridized carbons (Fsp3) is 0.545. The highest BCUT2D eigenvalue weighted by Gasteiger charge is 2.40. The lowest BCUT2D eigenvalue weighted by Crippen LogP contribution is -2.55. The van der Waals surface area contributed by atoms with Gasteiger partial charge in [0.1, 0.15) is 18.7 Å². The molecule has 31 heavy (non-hydrogen) atoms. The van der Waals surface area contributed by atoms with Crippen LogP contribution in [0.3, 0.4) is 0 Å². The van der Waals surface area contributed by atoms with Crippen molar-refractivity contribution in [3.63, 3.8) is 0 Å². The first-order valence-electron chi connectivity index (χ1n) is 10.4. The molecule has 1 aromatic carbocycles. The number of carbonyl (C=O) groups excluding carboxylic acids is 4. The van der Waals surface area contributed by atoms with Crippen LogP contribution in [0.2, 0.25) is 0 Å². The summed E-state index contributed by atoms with van der Waals surface area (Å²) >= 11 is 0. The number of hydrogen-bond donors (Lipinski definition) is 1.